The van der Waals surface area contributed by atoms with Crippen LogP contribution in [0.1, 0.15) is 13.3 Å². The summed E-state index contributed by atoms with van der Waals surface area (Å²) in [5.41, 5.74) is 0. The van der Waals surface area contributed by atoms with Gasteiger partial charge in [-0.25, -0.2) is 0 Å². The lowest BCUT2D eigenvalue weighted by Crippen LogP contribution is -1.94. The van der Waals surface area contributed by atoms with Gasteiger partial charge in [-0.3, -0.25) is 4.79 Å². The summed E-state index contributed by atoms with van der Waals surface area (Å²) < 4.78 is 4.26. The zero-order valence-electron chi connectivity index (χ0n) is 5.34. The Labute approximate surface area is 52.8 Å². The molecule has 0 aliphatic carbocycles. The van der Waals surface area contributed by atoms with Gasteiger partial charge in [0.15, 0.2) is 0 Å². The molecule has 0 aromatic heterocycles. The van der Waals surface area contributed by atoms with E-state index in [-0.39, 0.29) is 12.1 Å². The summed E-state index contributed by atoms with van der Waals surface area (Å²) >= 11 is 0. The lowest BCUT2D eigenvalue weighted by atomic mass is 10.5. The number of carbonyl (C=O) groups excluding carboxylic acids is 3. The summed E-state index contributed by atoms with van der Waals surface area (Å²) in [4.78, 5) is 26.2. The fourth-order valence-electron chi connectivity index (χ4n) is 0.144. The van der Waals surface area contributed by atoms with Crippen molar-refractivity contribution in [3.05, 3.63) is 0 Å². The minimum absolute atomic E-state index is 0.157. The third-order valence-corrected chi connectivity index (χ3v) is 0.516. The Kier molecular flexibility index (Phi) is 11.9. The molecular formula is C5H8O4. The zero-order valence-corrected chi connectivity index (χ0v) is 5.34. The van der Waals surface area contributed by atoms with Gasteiger partial charge in [-0.1, -0.05) is 6.92 Å². The molecule has 0 aliphatic heterocycles. The minimum atomic E-state index is -0.157. The molecule has 0 fully saturated rings. The van der Waals surface area contributed by atoms with Crippen molar-refractivity contribution >= 4 is 12.1 Å². The van der Waals surface area contributed by atoms with Crippen molar-refractivity contribution in [3.8, 4) is 0 Å². The minimum Gasteiger partial charge on any atom is -0.469 e. The van der Waals surface area contributed by atoms with E-state index in [1.807, 2.05) is 0 Å². The van der Waals surface area contributed by atoms with Crippen molar-refractivity contribution in [1.82, 2.24) is 0 Å². The van der Waals surface area contributed by atoms with Crippen LogP contribution in [0.2, 0.25) is 0 Å². The van der Waals surface area contributed by atoms with Gasteiger partial charge in [0.25, 0.3) is 0 Å². The number of esters is 1. The first-order valence-corrected chi connectivity index (χ1v) is 2.29. The third-order valence-electron chi connectivity index (χ3n) is 0.516. The molecule has 0 aromatic carbocycles. The SMILES string of the molecule is CCC(=O)OC.O=C=O. The lowest BCUT2D eigenvalue weighted by molar-refractivity contribution is -0.191. The highest BCUT2D eigenvalue weighted by Gasteiger charge is 1.87. The maximum Gasteiger partial charge on any atom is 0.373 e. The maximum absolute atomic E-state index is 9.96. The number of hydrogen-bond donors (Lipinski definition) is 0. The van der Waals surface area contributed by atoms with E-state index >= 15 is 0 Å². The molecular weight excluding hydrogens is 124 g/mol. The van der Waals surface area contributed by atoms with Crippen molar-refractivity contribution in [2.24, 2.45) is 0 Å². The average Bonchev–Trinajstić information content (AvgIpc) is 1.88. The highest BCUT2D eigenvalue weighted by Crippen LogP contribution is 1.76. The normalized spacial score (nSPS) is 6.00. The summed E-state index contributed by atoms with van der Waals surface area (Å²) in [6.45, 7) is 1.76. The molecule has 0 heterocycles. The van der Waals surface area contributed by atoms with E-state index in [0.717, 1.165) is 0 Å². The van der Waals surface area contributed by atoms with Gasteiger partial charge in [-0.15, -0.1) is 0 Å². The van der Waals surface area contributed by atoms with Crippen LogP contribution in [0.15, 0.2) is 0 Å². The monoisotopic (exact) mass is 132 g/mol. The Balaban J connectivity index is 0. The molecule has 4 nitrogen and oxygen atoms in total. The number of methoxy groups -OCH3 is 1. The van der Waals surface area contributed by atoms with Crippen LogP contribution >= 0.6 is 0 Å². The summed E-state index contributed by atoms with van der Waals surface area (Å²) in [6.07, 6.45) is 0.719. The molecule has 0 atom stereocenters. The molecule has 0 saturated carbocycles. The Morgan fingerprint density at radius 2 is 1.89 bits per heavy atom. The molecule has 0 bridgehead atoms. The van der Waals surface area contributed by atoms with Crippen molar-refractivity contribution < 1.29 is 19.1 Å². The topological polar surface area (TPSA) is 60.4 Å². The van der Waals surface area contributed by atoms with E-state index in [1.165, 1.54) is 7.11 Å². The van der Waals surface area contributed by atoms with E-state index in [9.17, 15) is 4.79 Å². The maximum atomic E-state index is 9.96. The summed E-state index contributed by atoms with van der Waals surface area (Å²) in [7, 11) is 1.38. The number of hydrogen-bond acceptors (Lipinski definition) is 4. The van der Waals surface area contributed by atoms with Gasteiger partial charge < -0.3 is 4.74 Å². The Bertz CT molecular complexity index is 95.5. The third kappa shape index (κ3) is 19.8. The van der Waals surface area contributed by atoms with Crippen LogP contribution < -0.4 is 0 Å². The molecule has 0 unspecified atom stereocenters. The second kappa shape index (κ2) is 9.97. The van der Waals surface area contributed by atoms with E-state index in [2.05, 4.69) is 4.74 Å². The first-order valence-electron chi connectivity index (χ1n) is 2.29. The summed E-state index contributed by atoms with van der Waals surface area (Å²) in [5.74, 6) is -0.157. The van der Waals surface area contributed by atoms with Crippen LogP contribution in [0.4, 0.5) is 0 Å². The second-order valence-corrected chi connectivity index (χ2v) is 1.01. The molecule has 0 saturated heterocycles. The van der Waals surface area contributed by atoms with E-state index in [0.29, 0.717) is 6.42 Å². The first kappa shape index (κ1) is 10.8. The molecule has 4 heteroatoms. The van der Waals surface area contributed by atoms with Gasteiger partial charge in [0.05, 0.1) is 7.11 Å². The first-order chi connectivity index (χ1) is 4.22. The van der Waals surface area contributed by atoms with Crippen LogP contribution in [0.5, 0.6) is 0 Å². The van der Waals surface area contributed by atoms with Crippen molar-refractivity contribution in [3.63, 3.8) is 0 Å². The predicted octanol–water partition coefficient (Wildman–Crippen LogP) is -0.0141. The van der Waals surface area contributed by atoms with E-state index in [1.54, 1.807) is 6.92 Å². The lowest BCUT2D eigenvalue weighted by Gasteiger charge is -1.87. The Morgan fingerprint density at radius 3 is 1.89 bits per heavy atom. The van der Waals surface area contributed by atoms with Gasteiger partial charge in [-0.05, 0) is 0 Å². The molecule has 0 rings (SSSR count). The second-order valence-electron chi connectivity index (χ2n) is 1.01. The van der Waals surface area contributed by atoms with Gasteiger partial charge in [0.2, 0.25) is 0 Å². The van der Waals surface area contributed by atoms with Crippen molar-refractivity contribution in [1.29, 1.82) is 0 Å². The van der Waals surface area contributed by atoms with Crippen LogP contribution in [0.3, 0.4) is 0 Å². The summed E-state index contributed by atoms with van der Waals surface area (Å²) in [5, 5.41) is 0. The molecule has 0 amide bonds. The zero-order chi connectivity index (χ0) is 7.70. The van der Waals surface area contributed by atoms with Gasteiger partial charge in [0, 0.05) is 6.42 Å². The van der Waals surface area contributed by atoms with E-state index < -0.39 is 0 Å². The average molecular weight is 132 g/mol. The number of carbonyl (C=O) groups is 1. The fourth-order valence-corrected chi connectivity index (χ4v) is 0.144. The summed E-state index contributed by atoms with van der Waals surface area (Å²) in [6, 6.07) is 0. The van der Waals surface area contributed by atoms with Crippen LogP contribution in [0, 0.1) is 0 Å². The van der Waals surface area contributed by atoms with Crippen molar-refractivity contribution in [2.45, 2.75) is 13.3 Å². The molecule has 0 spiro atoms. The standard InChI is InChI=1S/C4H8O2.CO2/c1-3-4(5)6-2;2-1-3/h3H2,1-2H3;. The quantitative estimate of drug-likeness (QED) is 0.470. The van der Waals surface area contributed by atoms with Crippen LogP contribution in [-0.2, 0) is 19.1 Å². The fraction of sp³-hybridized carbons (Fsp3) is 0.600. The van der Waals surface area contributed by atoms with Crippen molar-refractivity contribution in [2.75, 3.05) is 7.11 Å². The highest BCUT2D eigenvalue weighted by molar-refractivity contribution is 5.68. The largest absolute Gasteiger partial charge is 0.469 e. The number of rotatable bonds is 1. The number of ether oxygens (including phenoxy) is 1. The smallest absolute Gasteiger partial charge is 0.373 e. The molecule has 9 heavy (non-hydrogen) atoms. The molecule has 0 radical (unpaired) electrons. The molecule has 0 aliphatic rings. The molecule has 0 aromatic rings. The van der Waals surface area contributed by atoms with Crippen LogP contribution in [0.25, 0.3) is 0 Å². The van der Waals surface area contributed by atoms with Gasteiger partial charge >= 0.3 is 12.1 Å². The molecule has 52 valence electrons. The van der Waals surface area contributed by atoms with Crippen LogP contribution in [-0.4, -0.2) is 19.2 Å². The highest BCUT2D eigenvalue weighted by atomic mass is 16.5. The molecule has 0 N–H and O–H groups in total. The predicted molar refractivity (Wildman–Crippen MR) is 27.3 cm³/mol. The van der Waals surface area contributed by atoms with E-state index in [4.69, 9.17) is 9.59 Å². The Morgan fingerprint density at radius 1 is 1.56 bits per heavy atom. The van der Waals surface area contributed by atoms with Gasteiger partial charge in [-0.2, -0.15) is 9.59 Å². The van der Waals surface area contributed by atoms with Gasteiger partial charge in [0.1, 0.15) is 0 Å². The Hall–Kier alpha value is -1.15.